The summed E-state index contributed by atoms with van der Waals surface area (Å²) in [5.41, 5.74) is 0.450. The normalized spacial score (nSPS) is 14.5. The smallest absolute Gasteiger partial charge is 0.305 e. The number of aliphatic carboxylic acids is 1. The molecule has 0 radical (unpaired) electrons. The maximum absolute atomic E-state index is 13.2. The standard InChI is InChI=1S/C16H19F2NO3/c17-13-5-4-12(8-14(13)18)10-19(7-6-16(21)22)15(20)9-11-2-1-3-11/h4-5,8,11H,1-3,6-7,9-10H2,(H,21,22). The third kappa shape index (κ3) is 4.51. The van der Waals surface area contributed by atoms with Crippen LogP contribution in [0.15, 0.2) is 18.2 Å². The third-order valence-corrected chi connectivity index (χ3v) is 3.99. The van der Waals surface area contributed by atoms with Gasteiger partial charge in [-0.3, -0.25) is 9.59 Å². The van der Waals surface area contributed by atoms with E-state index in [4.69, 9.17) is 5.11 Å². The fourth-order valence-electron chi connectivity index (χ4n) is 2.45. The second kappa shape index (κ2) is 7.33. The van der Waals surface area contributed by atoms with Gasteiger partial charge in [0, 0.05) is 19.5 Å². The number of hydrogen-bond acceptors (Lipinski definition) is 2. The van der Waals surface area contributed by atoms with E-state index in [-0.39, 0.29) is 25.4 Å². The lowest BCUT2D eigenvalue weighted by Gasteiger charge is -2.29. The van der Waals surface area contributed by atoms with Gasteiger partial charge in [0.1, 0.15) is 0 Å². The van der Waals surface area contributed by atoms with Crippen LogP contribution in [0.1, 0.15) is 37.7 Å². The molecule has 22 heavy (non-hydrogen) atoms. The predicted octanol–water partition coefficient (Wildman–Crippen LogP) is 2.96. The van der Waals surface area contributed by atoms with Crippen LogP contribution in [0.5, 0.6) is 0 Å². The molecular formula is C16H19F2NO3. The van der Waals surface area contributed by atoms with Crippen molar-refractivity contribution in [2.45, 2.75) is 38.6 Å². The van der Waals surface area contributed by atoms with Gasteiger partial charge in [-0.25, -0.2) is 8.78 Å². The lowest BCUT2D eigenvalue weighted by atomic mass is 9.82. The second-order valence-corrected chi connectivity index (χ2v) is 5.71. The molecule has 1 aromatic carbocycles. The van der Waals surface area contributed by atoms with Crippen molar-refractivity contribution in [1.29, 1.82) is 0 Å². The Morgan fingerprint density at radius 1 is 1.23 bits per heavy atom. The van der Waals surface area contributed by atoms with E-state index in [1.165, 1.54) is 11.0 Å². The van der Waals surface area contributed by atoms with Crippen LogP contribution in [0.25, 0.3) is 0 Å². The molecule has 0 heterocycles. The van der Waals surface area contributed by atoms with Crippen LogP contribution in [0.2, 0.25) is 0 Å². The topological polar surface area (TPSA) is 57.6 Å². The van der Waals surface area contributed by atoms with E-state index in [0.717, 1.165) is 31.4 Å². The molecule has 0 bridgehead atoms. The summed E-state index contributed by atoms with van der Waals surface area (Å²) >= 11 is 0. The first-order valence-electron chi connectivity index (χ1n) is 7.39. The number of rotatable bonds is 7. The monoisotopic (exact) mass is 311 g/mol. The molecule has 2 rings (SSSR count). The molecule has 0 aromatic heterocycles. The molecule has 1 saturated carbocycles. The first-order chi connectivity index (χ1) is 10.5. The molecular weight excluding hydrogens is 292 g/mol. The van der Waals surface area contributed by atoms with E-state index < -0.39 is 17.6 Å². The van der Waals surface area contributed by atoms with Gasteiger partial charge in [0.05, 0.1) is 6.42 Å². The molecule has 4 nitrogen and oxygen atoms in total. The molecule has 1 aromatic rings. The van der Waals surface area contributed by atoms with Crippen molar-refractivity contribution < 1.29 is 23.5 Å². The SMILES string of the molecule is O=C(O)CCN(Cc1ccc(F)c(F)c1)C(=O)CC1CCC1. The molecule has 0 atom stereocenters. The van der Waals surface area contributed by atoms with Crippen molar-refractivity contribution in [3.63, 3.8) is 0 Å². The minimum Gasteiger partial charge on any atom is -0.481 e. The highest BCUT2D eigenvalue weighted by atomic mass is 19.2. The Morgan fingerprint density at radius 3 is 2.50 bits per heavy atom. The zero-order valence-corrected chi connectivity index (χ0v) is 12.2. The number of carboxylic acids is 1. The van der Waals surface area contributed by atoms with Crippen LogP contribution in [-0.4, -0.2) is 28.4 Å². The lowest BCUT2D eigenvalue weighted by molar-refractivity contribution is -0.139. The van der Waals surface area contributed by atoms with Gasteiger partial charge in [-0.1, -0.05) is 12.5 Å². The van der Waals surface area contributed by atoms with E-state index in [2.05, 4.69) is 0 Å². The molecule has 1 amide bonds. The molecule has 6 heteroatoms. The number of carbonyl (C=O) groups is 2. The number of hydrogen-bond donors (Lipinski definition) is 1. The number of halogens is 2. The summed E-state index contributed by atoms with van der Waals surface area (Å²) in [5.74, 6) is -2.67. The maximum Gasteiger partial charge on any atom is 0.305 e. The number of carbonyl (C=O) groups excluding carboxylic acids is 1. The molecule has 120 valence electrons. The average molecular weight is 311 g/mol. The van der Waals surface area contributed by atoms with Crippen molar-refractivity contribution in [3.8, 4) is 0 Å². The lowest BCUT2D eigenvalue weighted by Crippen LogP contribution is -2.34. The number of amides is 1. The Morgan fingerprint density at radius 2 is 1.95 bits per heavy atom. The Balaban J connectivity index is 2.03. The van der Waals surface area contributed by atoms with Crippen molar-refractivity contribution in [3.05, 3.63) is 35.4 Å². The highest BCUT2D eigenvalue weighted by Crippen LogP contribution is 2.30. The van der Waals surface area contributed by atoms with Crippen LogP contribution < -0.4 is 0 Å². The maximum atomic E-state index is 13.2. The fourth-order valence-corrected chi connectivity index (χ4v) is 2.45. The van der Waals surface area contributed by atoms with Crippen LogP contribution >= 0.6 is 0 Å². The highest BCUT2D eigenvalue weighted by Gasteiger charge is 2.24. The number of carboxylic acid groups (broad SMARTS) is 1. The quantitative estimate of drug-likeness (QED) is 0.842. The van der Waals surface area contributed by atoms with Crippen LogP contribution in [0.3, 0.4) is 0 Å². The number of benzene rings is 1. The Bertz CT molecular complexity index is 558. The zero-order chi connectivity index (χ0) is 16.1. The van der Waals surface area contributed by atoms with Gasteiger partial charge in [-0.2, -0.15) is 0 Å². The van der Waals surface area contributed by atoms with Crippen molar-refractivity contribution in [1.82, 2.24) is 4.90 Å². The Labute approximate surface area is 127 Å². The van der Waals surface area contributed by atoms with Crippen LogP contribution in [-0.2, 0) is 16.1 Å². The predicted molar refractivity (Wildman–Crippen MR) is 76.0 cm³/mol. The van der Waals surface area contributed by atoms with E-state index in [9.17, 15) is 18.4 Å². The van der Waals surface area contributed by atoms with Crippen LogP contribution in [0, 0.1) is 17.6 Å². The first-order valence-corrected chi connectivity index (χ1v) is 7.39. The molecule has 1 aliphatic carbocycles. The molecule has 1 N–H and O–H groups in total. The molecule has 0 saturated heterocycles. The fraction of sp³-hybridized carbons (Fsp3) is 0.500. The molecule has 0 aliphatic heterocycles. The summed E-state index contributed by atoms with van der Waals surface area (Å²) < 4.78 is 26.2. The van der Waals surface area contributed by atoms with Gasteiger partial charge >= 0.3 is 5.97 Å². The van der Waals surface area contributed by atoms with Gasteiger partial charge in [0.2, 0.25) is 5.91 Å². The van der Waals surface area contributed by atoms with Crippen LogP contribution in [0.4, 0.5) is 8.78 Å². The highest BCUT2D eigenvalue weighted by molar-refractivity contribution is 5.77. The average Bonchev–Trinajstić information content (AvgIpc) is 2.42. The van der Waals surface area contributed by atoms with Gasteiger partial charge in [-0.15, -0.1) is 0 Å². The van der Waals surface area contributed by atoms with E-state index in [0.29, 0.717) is 17.9 Å². The molecule has 0 unspecified atom stereocenters. The van der Waals surface area contributed by atoms with Crippen molar-refractivity contribution in [2.75, 3.05) is 6.54 Å². The summed E-state index contributed by atoms with van der Waals surface area (Å²) in [5, 5.41) is 8.78. The van der Waals surface area contributed by atoms with Gasteiger partial charge in [-0.05, 0) is 36.5 Å². The largest absolute Gasteiger partial charge is 0.481 e. The van der Waals surface area contributed by atoms with Gasteiger partial charge in [0.15, 0.2) is 11.6 Å². The first kappa shape index (κ1) is 16.4. The zero-order valence-electron chi connectivity index (χ0n) is 12.2. The Kier molecular flexibility index (Phi) is 5.46. The summed E-state index contributed by atoms with van der Waals surface area (Å²) in [6.07, 6.45) is 3.38. The molecule has 1 aliphatic rings. The van der Waals surface area contributed by atoms with Gasteiger partial charge < -0.3 is 10.0 Å². The summed E-state index contributed by atoms with van der Waals surface area (Å²) in [4.78, 5) is 24.4. The second-order valence-electron chi connectivity index (χ2n) is 5.71. The summed E-state index contributed by atoms with van der Waals surface area (Å²) in [6, 6.07) is 3.46. The minimum absolute atomic E-state index is 0.0693. The van der Waals surface area contributed by atoms with Crippen molar-refractivity contribution in [2.24, 2.45) is 5.92 Å². The van der Waals surface area contributed by atoms with Gasteiger partial charge in [0.25, 0.3) is 0 Å². The summed E-state index contributed by atoms with van der Waals surface area (Å²) in [7, 11) is 0. The minimum atomic E-state index is -0.994. The molecule has 1 fully saturated rings. The van der Waals surface area contributed by atoms with E-state index in [1.807, 2.05) is 0 Å². The van der Waals surface area contributed by atoms with Crippen molar-refractivity contribution >= 4 is 11.9 Å². The van der Waals surface area contributed by atoms with E-state index >= 15 is 0 Å². The number of nitrogens with zero attached hydrogens (tertiary/aromatic N) is 1. The van der Waals surface area contributed by atoms with E-state index in [1.54, 1.807) is 0 Å². The third-order valence-electron chi connectivity index (χ3n) is 3.99. The Hall–Kier alpha value is -1.98. The summed E-state index contributed by atoms with van der Waals surface area (Å²) in [6.45, 7) is 0.163. The molecule has 0 spiro atoms.